The predicted molar refractivity (Wildman–Crippen MR) is 69.1 cm³/mol. The summed E-state index contributed by atoms with van der Waals surface area (Å²) >= 11 is 0. The molecule has 1 fully saturated rings. The molecule has 0 bridgehead atoms. The van der Waals surface area contributed by atoms with Gasteiger partial charge in [0.1, 0.15) is 6.04 Å². The maximum Gasteiger partial charge on any atom is 0.245 e. The Morgan fingerprint density at radius 3 is 2.72 bits per heavy atom. The maximum absolute atomic E-state index is 12.3. The van der Waals surface area contributed by atoms with Crippen molar-refractivity contribution in [3.8, 4) is 0 Å². The molecule has 0 aliphatic carbocycles. The number of hydrogen-bond donors (Lipinski definition) is 1. The van der Waals surface area contributed by atoms with Crippen molar-refractivity contribution in [3.63, 3.8) is 0 Å². The molecule has 1 heterocycles. The largest absolute Gasteiger partial charge is 0.385 e. The highest BCUT2D eigenvalue weighted by atomic mass is 16.5. The Hall–Kier alpha value is -1.10. The van der Waals surface area contributed by atoms with E-state index in [2.05, 4.69) is 5.32 Å². The van der Waals surface area contributed by atoms with E-state index in [0.717, 1.165) is 12.8 Å². The Morgan fingerprint density at radius 2 is 2.11 bits per heavy atom. The Bertz CT molecular complexity index is 294. The Morgan fingerprint density at radius 1 is 1.39 bits per heavy atom. The van der Waals surface area contributed by atoms with Crippen molar-refractivity contribution in [3.05, 3.63) is 0 Å². The summed E-state index contributed by atoms with van der Waals surface area (Å²) < 4.78 is 5.00. The van der Waals surface area contributed by atoms with Crippen molar-refractivity contribution < 1.29 is 14.3 Å². The molecule has 2 amide bonds. The molecule has 1 aliphatic heterocycles. The molecule has 5 nitrogen and oxygen atoms in total. The molecule has 2 unspecified atom stereocenters. The number of ether oxygens (including phenoxy) is 1. The average Bonchev–Trinajstić information content (AvgIpc) is 2.44. The van der Waals surface area contributed by atoms with Gasteiger partial charge in [0.05, 0.1) is 0 Å². The lowest BCUT2D eigenvalue weighted by Crippen LogP contribution is -2.46. The van der Waals surface area contributed by atoms with Crippen molar-refractivity contribution in [2.24, 2.45) is 0 Å². The van der Waals surface area contributed by atoms with Gasteiger partial charge < -0.3 is 15.0 Å². The topological polar surface area (TPSA) is 58.6 Å². The first kappa shape index (κ1) is 15.0. The average molecular weight is 256 g/mol. The fraction of sp³-hybridized carbons (Fsp3) is 0.846. The maximum atomic E-state index is 12.3. The van der Waals surface area contributed by atoms with Gasteiger partial charge in [0.2, 0.25) is 11.8 Å². The molecular formula is C13H24N2O3. The molecule has 1 rings (SSSR count). The van der Waals surface area contributed by atoms with E-state index in [1.807, 2.05) is 18.7 Å². The zero-order chi connectivity index (χ0) is 13.5. The number of amides is 2. The number of unbranched alkanes of at least 4 members (excludes halogenated alkanes) is 1. The van der Waals surface area contributed by atoms with Crippen LogP contribution in [-0.4, -0.2) is 49.1 Å². The number of hydrogen-bond acceptors (Lipinski definition) is 3. The van der Waals surface area contributed by atoms with Crippen LogP contribution in [0.1, 0.15) is 39.5 Å². The highest BCUT2D eigenvalue weighted by Gasteiger charge is 2.32. The lowest BCUT2D eigenvalue weighted by molar-refractivity contribution is -0.135. The summed E-state index contributed by atoms with van der Waals surface area (Å²) in [5, 5.41) is 2.79. The van der Waals surface area contributed by atoms with Crippen LogP contribution in [0, 0.1) is 0 Å². The molecular weight excluding hydrogens is 232 g/mol. The Kier molecular flexibility index (Phi) is 6.12. The molecule has 0 spiro atoms. The van der Waals surface area contributed by atoms with Crippen molar-refractivity contribution in [2.45, 2.75) is 51.6 Å². The third-order valence-corrected chi connectivity index (χ3v) is 3.33. The first-order valence-electron chi connectivity index (χ1n) is 6.69. The number of methoxy groups -OCH3 is 1. The molecule has 18 heavy (non-hydrogen) atoms. The number of nitrogens with one attached hydrogen (secondary N) is 1. The number of nitrogens with zero attached hydrogens (tertiary/aromatic N) is 1. The zero-order valence-corrected chi connectivity index (χ0v) is 11.6. The number of rotatable bonds is 6. The lowest BCUT2D eigenvalue weighted by Gasteiger charge is -2.28. The fourth-order valence-electron chi connectivity index (χ4n) is 2.25. The summed E-state index contributed by atoms with van der Waals surface area (Å²) in [6.07, 6.45) is 2.89. The number of carbonyl (C=O) groups is 2. The Balaban J connectivity index is 2.60. The van der Waals surface area contributed by atoms with Gasteiger partial charge in [-0.2, -0.15) is 0 Å². The van der Waals surface area contributed by atoms with Gasteiger partial charge in [-0.3, -0.25) is 9.59 Å². The van der Waals surface area contributed by atoms with Gasteiger partial charge in [-0.25, -0.2) is 0 Å². The van der Waals surface area contributed by atoms with E-state index in [9.17, 15) is 9.59 Å². The zero-order valence-electron chi connectivity index (χ0n) is 11.6. The van der Waals surface area contributed by atoms with Crippen LogP contribution in [0.25, 0.3) is 0 Å². The predicted octanol–water partition coefficient (Wildman–Crippen LogP) is 0.929. The van der Waals surface area contributed by atoms with Crippen LogP contribution in [0.2, 0.25) is 0 Å². The first-order valence-corrected chi connectivity index (χ1v) is 6.69. The van der Waals surface area contributed by atoms with E-state index in [1.54, 1.807) is 7.11 Å². The quantitative estimate of drug-likeness (QED) is 0.719. The fourth-order valence-corrected chi connectivity index (χ4v) is 2.25. The third kappa shape index (κ3) is 3.98. The van der Waals surface area contributed by atoms with E-state index in [1.165, 1.54) is 0 Å². The van der Waals surface area contributed by atoms with E-state index in [0.29, 0.717) is 26.0 Å². The summed E-state index contributed by atoms with van der Waals surface area (Å²) in [6, 6.07) is -0.374. The van der Waals surface area contributed by atoms with Gasteiger partial charge in [0.25, 0.3) is 0 Å². The summed E-state index contributed by atoms with van der Waals surface area (Å²) in [5.41, 5.74) is 0. The minimum atomic E-state index is -0.357. The Labute approximate surface area is 109 Å². The molecule has 0 saturated carbocycles. The normalized spacial score (nSPS) is 24.9. The van der Waals surface area contributed by atoms with Crippen LogP contribution in [-0.2, 0) is 14.3 Å². The summed E-state index contributed by atoms with van der Waals surface area (Å²) in [6.45, 7) is 5.27. The van der Waals surface area contributed by atoms with Gasteiger partial charge >= 0.3 is 0 Å². The molecule has 0 aromatic heterocycles. The molecule has 0 aromatic carbocycles. The van der Waals surface area contributed by atoms with Crippen LogP contribution in [0.4, 0.5) is 0 Å². The van der Waals surface area contributed by atoms with Crippen molar-refractivity contribution in [1.29, 1.82) is 0 Å². The molecule has 2 atom stereocenters. The van der Waals surface area contributed by atoms with Gasteiger partial charge in [-0.15, -0.1) is 0 Å². The second kappa shape index (κ2) is 7.36. The van der Waals surface area contributed by atoms with Gasteiger partial charge in [0, 0.05) is 32.7 Å². The number of carbonyl (C=O) groups excluding carboxylic acids is 2. The van der Waals surface area contributed by atoms with E-state index < -0.39 is 0 Å². The lowest BCUT2D eigenvalue weighted by atomic mass is 10.1. The molecule has 1 saturated heterocycles. The molecule has 104 valence electrons. The third-order valence-electron chi connectivity index (χ3n) is 3.33. The highest BCUT2D eigenvalue weighted by Crippen LogP contribution is 2.14. The molecule has 1 N–H and O–H groups in total. The van der Waals surface area contributed by atoms with Crippen LogP contribution in [0.3, 0.4) is 0 Å². The standard InChI is InChI=1S/C13H24N2O3/c1-4-11-13(17)15(7-5-6-8-18-3)10(2)9-12(16)14-11/h10-11H,4-9H2,1-3H3,(H,14,16). The highest BCUT2D eigenvalue weighted by molar-refractivity contribution is 5.90. The summed E-state index contributed by atoms with van der Waals surface area (Å²) in [4.78, 5) is 25.7. The van der Waals surface area contributed by atoms with Crippen molar-refractivity contribution >= 4 is 11.8 Å². The smallest absolute Gasteiger partial charge is 0.245 e. The van der Waals surface area contributed by atoms with Crippen molar-refractivity contribution in [1.82, 2.24) is 10.2 Å². The summed E-state index contributed by atoms with van der Waals surface area (Å²) in [5.74, 6) is 0.0235. The molecule has 5 heteroatoms. The first-order chi connectivity index (χ1) is 8.60. The van der Waals surface area contributed by atoms with Crippen LogP contribution in [0.5, 0.6) is 0 Å². The monoisotopic (exact) mass is 256 g/mol. The second-order valence-electron chi connectivity index (χ2n) is 4.81. The SMILES string of the molecule is CCC1NC(=O)CC(C)N(CCCCOC)C1=O. The van der Waals surface area contributed by atoms with Gasteiger partial charge in [0.15, 0.2) is 0 Å². The van der Waals surface area contributed by atoms with E-state index in [-0.39, 0.29) is 23.9 Å². The van der Waals surface area contributed by atoms with Crippen molar-refractivity contribution in [2.75, 3.05) is 20.3 Å². The van der Waals surface area contributed by atoms with Crippen LogP contribution >= 0.6 is 0 Å². The minimum Gasteiger partial charge on any atom is -0.385 e. The van der Waals surface area contributed by atoms with E-state index >= 15 is 0 Å². The van der Waals surface area contributed by atoms with Crippen LogP contribution < -0.4 is 5.32 Å². The minimum absolute atomic E-state index is 0.0170. The van der Waals surface area contributed by atoms with E-state index in [4.69, 9.17) is 4.74 Å². The molecule has 0 aromatic rings. The second-order valence-corrected chi connectivity index (χ2v) is 4.81. The van der Waals surface area contributed by atoms with Crippen LogP contribution in [0.15, 0.2) is 0 Å². The molecule has 1 aliphatic rings. The van der Waals surface area contributed by atoms with Gasteiger partial charge in [-0.1, -0.05) is 6.92 Å². The van der Waals surface area contributed by atoms with Gasteiger partial charge in [-0.05, 0) is 26.2 Å². The molecule has 0 radical (unpaired) electrons. The summed E-state index contributed by atoms with van der Waals surface area (Å²) in [7, 11) is 1.68.